The van der Waals surface area contributed by atoms with Gasteiger partial charge in [-0.15, -0.1) is 0 Å². The zero-order chi connectivity index (χ0) is 15.8. The van der Waals surface area contributed by atoms with Crippen molar-refractivity contribution >= 4 is 31.9 Å². The summed E-state index contributed by atoms with van der Waals surface area (Å²) in [6, 6.07) is 2.61. The molecule has 1 aromatic carbocycles. The van der Waals surface area contributed by atoms with Crippen LogP contribution in [0.5, 0.6) is 0 Å². The first kappa shape index (κ1) is 16.4. The molecule has 1 aromatic rings. The molecule has 1 fully saturated rings. The monoisotopic (exact) mass is 376 g/mol. The van der Waals surface area contributed by atoms with E-state index in [0.29, 0.717) is 16.6 Å². The van der Waals surface area contributed by atoms with Crippen LogP contribution in [0.15, 0.2) is 21.5 Å². The van der Waals surface area contributed by atoms with Gasteiger partial charge in [-0.1, -0.05) is 15.9 Å². The van der Waals surface area contributed by atoms with Crippen molar-refractivity contribution in [1.29, 1.82) is 0 Å². The summed E-state index contributed by atoms with van der Waals surface area (Å²) >= 11 is 3.26. The molecular weight excluding hydrogens is 360 g/mol. The Morgan fingerprint density at radius 1 is 1.48 bits per heavy atom. The Bertz CT molecular complexity index is 675. The Balaban J connectivity index is 2.34. The van der Waals surface area contributed by atoms with Crippen molar-refractivity contribution in [3.05, 3.63) is 27.7 Å². The highest BCUT2D eigenvalue weighted by atomic mass is 79.9. The lowest BCUT2D eigenvalue weighted by Gasteiger charge is -2.17. The summed E-state index contributed by atoms with van der Waals surface area (Å²) in [5.74, 6) is -0.332. The average molecular weight is 377 g/mol. The fourth-order valence-electron chi connectivity index (χ4n) is 2.22. The number of rotatable bonds is 3. The van der Waals surface area contributed by atoms with Gasteiger partial charge in [-0.2, -0.15) is 0 Å². The molecule has 8 heteroatoms. The maximum absolute atomic E-state index is 12.4. The maximum Gasteiger partial charge on any atom is 0.251 e. The lowest BCUT2D eigenvalue weighted by molar-refractivity contribution is 0.0865. The number of halogens is 1. The van der Waals surface area contributed by atoms with Gasteiger partial charge in [0.1, 0.15) is 0 Å². The fraction of sp³-hybridized carbons (Fsp3) is 0.462. The third-order valence-electron chi connectivity index (χ3n) is 3.58. The van der Waals surface area contributed by atoms with E-state index in [1.165, 1.54) is 12.1 Å². The van der Waals surface area contributed by atoms with Crippen LogP contribution in [-0.2, 0) is 14.8 Å². The molecule has 2 atom stereocenters. The van der Waals surface area contributed by atoms with Gasteiger partial charge in [0.15, 0.2) is 0 Å². The Hall–Kier alpha value is -0.960. The highest BCUT2D eigenvalue weighted by Crippen LogP contribution is 2.25. The molecule has 21 heavy (non-hydrogen) atoms. The number of hydrogen-bond acceptors (Lipinski definition) is 4. The van der Waals surface area contributed by atoms with Crippen molar-refractivity contribution in [1.82, 2.24) is 5.32 Å². The van der Waals surface area contributed by atoms with E-state index in [4.69, 9.17) is 9.88 Å². The molecule has 1 heterocycles. The second kappa shape index (κ2) is 6.04. The van der Waals surface area contributed by atoms with E-state index in [1.54, 1.807) is 6.92 Å². The number of hydrogen-bond donors (Lipinski definition) is 2. The topological polar surface area (TPSA) is 98.5 Å². The number of carbonyl (C=O) groups is 1. The number of carbonyl (C=O) groups excluding carboxylic acids is 1. The van der Waals surface area contributed by atoms with Crippen molar-refractivity contribution in [3.63, 3.8) is 0 Å². The molecule has 1 amide bonds. The molecule has 0 bridgehead atoms. The fourth-order valence-corrected chi connectivity index (χ4v) is 3.40. The maximum atomic E-state index is 12.4. The molecule has 0 aromatic heterocycles. The first-order chi connectivity index (χ1) is 9.70. The van der Waals surface area contributed by atoms with Gasteiger partial charge in [0, 0.05) is 16.6 Å². The van der Waals surface area contributed by atoms with Crippen LogP contribution in [-0.4, -0.2) is 33.1 Å². The summed E-state index contributed by atoms with van der Waals surface area (Å²) in [6.45, 7) is 4.23. The summed E-state index contributed by atoms with van der Waals surface area (Å²) in [6.07, 6.45) is 0.682. The highest BCUT2D eigenvalue weighted by Gasteiger charge is 2.27. The Morgan fingerprint density at radius 2 is 2.14 bits per heavy atom. The van der Waals surface area contributed by atoms with Gasteiger partial charge in [0.2, 0.25) is 10.0 Å². The zero-order valence-electron chi connectivity index (χ0n) is 11.7. The summed E-state index contributed by atoms with van der Waals surface area (Å²) in [5.41, 5.74) is 0.943. The molecule has 2 rings (SSSR count). The molecule has 1 saturated heterocycles. The molecule has 0 radical (unpaired) electrons. The lowest BCUT2D eigenvalue weighted by Crippen LogP contribution is -2.39. The number of nitrogens with two attached hydrogens (primary N) is 1. The van der Waals surface area contributed by atoms with E-state index in [2.05, 4.69) is 21.2 Å². The molecule has 116 valence electrons. The molecule has 2 unspecified atom stereocenters. The van der Waals surface area contributed by atoms with E-state index in [1.807, 2.05) is 6.92 Å². The second-order valence-electron chi connectivity index (χ2n) is 5.07. The molecule has 0 aliphatic carbocycles. The minimum atomic E-state index is -3.87. The van der Waals surface area contributed by atoms with E-state index < -0.39 is 10.0 Å². The van der Waals surface area contributed by atoms with Crippen molar-refractivity contribution in [2.24, 2.45) is 5.14 Å². The van der Waals surface area contributed by atoms with Crippen molar-refractivity contribution < 1.29 is 17.9 Å². The number of benzene rings is 1. The van der Waals surface area contributed by atoms with Crippen LogP contribution in [0.1, 0.15) is 29.3 Å². The summed E-state index contributed by atoms with van der Waals surface area (Å²) < 4.78 is 28.9. The Labute approximate surface area is 132 Å². The molecule has 3 N–H and O–H groups in total. The number of sulfonamides is 1. The first-order valence-corrected chi connectivity index (χ1v) is 8.79. The van der Waals surface area contributed by atoms with Crippen molar-refractivity contribution in [2.45, 2.75) is 37.3 Å². The molecular formula is C13H17BrN2O4S. The normalized spacial score (nSPS) is 22.3. The van der Waals surface area contributed by atoms with Crippen LogP contribution < -0.4 is 10.5 Å². The summed E-state index contributed by atoms with van der Waals surface area (Å²) in [7, 11) is -3.87. The first-order valence-electron chi connectivity index (χ1n) is 6.45. The van der Waals surface area contributed by atoms with Crippen molar-refractivity contribution in [3.8, 4) is 0 Å². The van der Waals surface area contributed by atoms with E-state index in [9.17, 15) is 13.2 Å². The van der Waals surface area contributed by atoms with Gasteiger partial charge in [0.25, 0.3) is 5.91 Å². The van der Waals surface area contributed by atoms with E-state index in [0.717, 1.165) is 6.42 Å². The van der Waals surface area contributed by atoms with Crippen LogP contribution in [0.25, 0.3) is 0 Å². The SMILES string of the molecule is Cc1c(Br)cc(S(N)(=O)=O)cc1C(=O)NC1CCOC1C. The van der Waals surface area contributed by atoms with Gasteiger partial charge in [-0.05, 0) is 38.0 Å². The second-order valence-corrected chi connectivity index (χ2v) is 7.48. The molecule has 0 spiro atoms. The van der Waals surface area contributed by atoms with Crippen LogP contribution in [0.3, 0.4) is 0 Å². The smallest absolute Gasteiger partial charge is 0.251 e. The minimum absolute atomic E-state index is 0.0564. The van der Waals surface area contributed by atoms with Gasteiger partial charge < -0.3 is 10.1 Å². The Morgan fingerprint density at radius 3 is 2.67 bits per heavy atom. The highest BCUT2D eigenvalue weighted by molar-refractivity contribution is 9.10. The minimum Gasteiger partial charge on any atom is -0.376 e. The summed E-state index contributed by atoms with van der Waals surface area (Å²) in [5, 5.41) is 8.00. The zero-order valence-corrected chi connectivity index (χ0v) is 14.1. The van der Waals surface area contributed by atoms with Crippen LogP contribution in [0.2, 0.25) is 0 Å². The van der Waals surface area contributed by atoms with Crippen LogP contribution >= 0.6 is 15.9 Å². The third kappa shape index (κ3) is 3.63. The van der Waals surface area contributed by atoms with Gasteiger partial charge in [-0.25, -0.2) is 13.6 Å². The lowest BCUT2D eigenvalue weighted by atomic mass is 10.1. The quantitative estimate of drug-likeness (QED) is 0.830. The number of primary sulfonamides is 1. The predicted molar refractivity (Wildman–Crippen MR) is 81.5 cm³/mol. The van der Waals surface area contributed by atoms with Gasteiger partial charge in [-0.3, -0.25) is 4.79 Å². The van der Waals surface area contributed by atoms with Gasteiger partial charge in [0.05, 0.1) is 17.0 Å². The average Bonchev–Trinajstić information content (AvgIpc) is 2.76. The van der Waals surface area contributed by atoms with Crippen LogP contribution in [0.4, 0.5) is 0 Å². The molecule has 0 saturated carbocycles. The van der Waals surface area contributed by atoms with Gasteiger partial charge >= 0.3 is 0 Å². The Kier molecular flexibility index (Phi) is 4.72. The molecule has 1 aliphatic heterocycles. The standard InChI is InChI=1S/C13H17BrN2O4S/c1-7-10(5-9(6-11(7)14)21(15,18)19)13(17)16-12-3-4-20-8(12)2/h5-6,8,12H,3-4H2,1-2H3,(H,16,17)(H2,15,18,19). The predicted octanol–water partition coefficient (Wildman–Crippen LogP) is 1.31. The number of amides is 1. The molecule has 1 aliphatic rings. The third-order valence-corrected chi connectivity index (χ3v) is 5.30. The molecule has 6 nitrogen and oxygen atoms in total. The van der Waals surface area contributed by atoms with E-state index in [-0.39, 0.29) is 28.5 Å². The number of nitrogens with one attached hydrogen (secondary N) is 1. The van der Waals surface area contributed by atoms with Crippen LogP contribution in [0, 0.1) is 6.92 Å². The largest absolute Gasteiger partial charge is 0.376 e. The number of ether oxygens (including phenoxy) is 1. The van der Waals surface area contributed by atoms with Crippen molar-refractivity contribution in [2.75, 3.05) is 6.61 Å². The van der Waals surface area contributed by atoms with E-state index >= 15 is 0 Å². The summed E-state index contributed by atoms with van der Waals surface area (Å²) in [4.78, 5) is 12.3.